The van der Waals surface area contributed by atoms with E-state index in [1.807, 2.05) is 25.1 Å². The smallest absolute Gasteiger partial charge is 0.324 e. The van der Waals surface area contributed by atoms with Gasteiger partial charge in [-0.05, 0) is 19.1 Å². The first-order valence-corrected chi connectivity index (χ1v) is 7.46. The van der Waals surface area contributed by atoms with E-state index >= 15 is 0 Å². The van der Waals surface area contributed by atoms with E-state index in [1.54, 1.807) is 11.1 Å². The number of nitrogens with one attached hydrogen (secondary N) is 1. The standard InChI is InChI=1S/C13H15N5O2S/c1-9-8-20-7-6-18(9)13(19)15-12-17-16-11(21-12)10-4-2-3-5-14-10/h2-5,9H,6-8H2,1H3,(H,15,17,19). The number of urea groups is 1. The molecule has 2 amide bonds. The lowest BCUT2D eigenvalue weighted by atomic mass is 10.3. The lowest BCUT2D eigenvalue weighted by Gasteiger charge is -2.32. The second kappa shape index (κ2) is 6.15. The third-order valence-corrected chi connectivity index (χ3v) is 4.01. The Labute approximate surface area is 126 Å². The monoisotopic (exact) mass is 305 g/mol. The molecule has 0 saturated carbocycles. The minimum Gasteiger partial charge on any atom is -0.377 e. The van der Waals surface area contributed by atoms with Gasteiger partial charge in [0, 0.05) is 12.7 Å². The first-order valence-electron chi connectivity index (χ1n) is 6.64. The van der Waals surface area contributed by atoms with Crippen molar-refractivity contribution in [3.63, 3.8) is 0 Å². The van der Waals surface area contributed by atoms with Gasteiger partial charge < -0.3 is 9.64 Å². The predicted octanol–water partition coefficient (Wildman–Crippen LogP) is 1.85. The van der Waals surface area contributed by atoms with Crippen LogP contribution >= 0.6 is 11.3 Å². The van der Waals surface area contributed by atoms with E-state index < -0.39 is 0 Å². The first-order chi connectivity index (χ1) is 10.2. The largest absolute Gasteiger partial charge is 0.377 e. The van der Waals surface area contributed by atoms with Crippen molar-refractivity contribution in [2.24, 2.45) is 0 Å². The molecule has 1 saturated heterocycles. The van der Waals surface area contributed by atoms with Crippen molar-refractivity contribution in [3.05, 3.63) is 24.4 Å². The highest BCUT2D eigenvalue weighted by Crippen LogP contribution is 2.24. The number of anilines is 1. The van der Waals surface area contributed by atoms with E-state index in [4.69, 9.17) is 4.74 Å². The van der Waals surface area contributed by atoms with Crippen LogP contribution in [0, 0.1) is 0 Å². The summed E-state index contributed by atoms with van der Waals surface area (Å²) in [7, 11) is 0. The molecule has 0 bridgehead atoms. The molecular formula is C13H15N5O2S. The normalized spacial score (nSPS) is 18.5. The lowest BCUT2D eigenvalue weighted by molar-refractivity contribution is 0.0221. The molecule has 21 heavy (non-hydrogen) atoms. The quantitative estimate of drug-likeness (QED) is 0.916. The van der Waals surface area contributed by atoms with Gasteiger partial charge in [0.2, 0.25) is 5.13 Å². The summed E-state index contributed by atoms with van der Waals surface area (Å²) < 4.78 is 5.32. The second-order valence-corrected chi connectivity index (χ2v) is 5.65. The molecule has 1 N–H and O–H groups in total. The summed E-state index contributed by atoms with van der Waals surface area (Å²) in [5.74, 6) is 0. The fourth-order valence-electron chi connectivity index (χ4n) is 2.06. The van der Waals surface area contributed by atoms with E-state index in [-0.39, 0.29) is 12.1 Å². The van der Waals surface area contributed by atoms with Crippen molar-refractivity contribution < 1.29 is 9.53 Å². The van der Waals surface area contributed by atoms with Gasteiger partial charge in [0.05, 0.1) is 19.3 Å². The van der Waals surface area contributed by atoms with Crippen LogP contribution in [-0.4, -0.2) is 51.9 Å². The van der Waals surface area contributed by atoms with Crippen molar-refractivity contribution >= 4 is 22.5 Å². The third-order valence-electron chi connectivity index (χ3n) is 3.15. The number of amides is 2. The number of rotatable bonds is 2. The predicted molar refractivity (Wildman–Crippen MR) is 79.1 cm³/mol. The van der Waals surface area contributed by atoms with Crippen LogP contribution in [0.15, 0.2) is 24.4 Å². The average Bonchev–Trinajstić information content (AvgIpc) is 2.97. The Kier molecular flexibility index (Phi) is 4.07. The maximum atomic E-state index is 12.2. The van der Waals surface area contributed by atoms with Gasteiger partial charge in [0.1, 0.15) is 5.69 Å². The molecule has 1 aliphatic rings. The third kappa shape index (κ3) is 3.17. The Morgan fingerprint density at radius 3 is 3.14 bits per heavy atom. The summed E-state index contributed by atoms with van der Waals surface area (Å²) in [6.07, 6.45) is 1.70. The molecule has 3 heterocycles. The zero-order chi connectivity index (χ0) is 14.7. The molecule has 1 unspecified atom stereocenters. The fourth-order valence-corrected chi connectivity index (χ4v) is 2.77. The molecule has 1 aliphatic heterocycles. The van der Waals surface area contributed by atoms with Gasteiger partial charge in [-0.25, -0.2) is 4.79 Å². The highest BCUT2D eigenvalue weighted by molar-refractivity contribution is 7.18. The van der Waals surface area contributed by atoms with E-state index in [0.717, 1.165) is 5.69 Å². The van der Waals surface area contributed by atoms with E-state index in [1.165, 1.54) is 11.3 Å². The minimum absolute atomic E-state index is 0.0573. The number of carbonyl (C=O) groups is 1. The van der Waals surface area contributed by atoms with E-state index in [2.05, 4.69) is 20.5 Å². The first kappa shape index (κ1) is 13.9. The second-order valence-electron chi connectivity index (χ2n) is 4.67. The molecule has 2 aromatic rings. The molecule has 2 aromatic heterocycles. The van der Waals surface area contributed by atoms with Gasteiger partial charge >= 0.3 is 6.03 Å². The molecule has 0 aromatic carbocycles. The number of carbonyl (C=O) groups excluding carboxylic acids is 1. The van der Waals surface area contributed by atoms with Crippen LogP contribution in [0.25, 0.3) is 10.7 Å². The Balaban J connectivity index is 1.68. The van der Waals surface area contributed by atoms with E-state index in [0.29, 0.717) is 29.9 Å². The average molecular weight is 305 g/mol. The van der Waals surface area contributed by atoms with Crippen LogP contribution in [-0.2, 0) is 4.74 Å². The zero-order valence-corrected chi connectivity index (χ0v) is 12.3. The van der Waals surface area contributed by atoms with Gasteiger partial charge in [0.25, 0.3) is 0 Å². The minimum atomic E-state index is -0.172. The molecule has 0 spiro atoms. The van der Waals surface area contributed by atoms with Gasteiger partial charge in [0.15, 0.2) is 5.01 Å². The molecular weight excluding hydrogens is 290 g/mol. The lowest BCUT2D eigenvalue weighted by Crippen LogP contribution is -2.48. The number of ether oxygens (including phenoxy) is 1. The van der Waals surface area contributed by atoms with Crippen molar-refractivity contribution in [2.45, 2.75) is 13.0 Å². The molecule has 8 heteroatoms. The van der Waals surface area contributed by atoms with Crippen molar-refractivity contribution in [3.8, 4) is 10.7 Å². The molecule has 0 radical (unpaired) electrons. The highest BCUT2D eigenvalue weighted by Gasteiger charge is 2.24. The van der Waals surface area contributed by atoms with Crippen LogP contribution in [0.5, 0.6) is 0 Å². The highest BCUT2D eigenvalue weighted by atomic mass is 32.1. The summed E-state index contributed by atoms with van der Waals surface area (Å²) in [6.45, 7) is 3.66. The zero-order valence-electron chi connectivity index (χ0n) is 11.5. The Hall–Kier alpha value is -2.06. The maximum Gasteiger partial charge on any atom is 0.324 e. The van der Waals surface area contributed by atoms with Crippen LogP contribution in [0.2, 0.25) is 0 Å². The van der Waals surface area contributed by atoms with Crippen LogP contribution in [0.1, 0.15) is 6.92 Å². The fraction of sp³-hybridized carbons (Fsp3) is 0.385. The number of hydrogen-bond donors (Lipinski definition) is 1. The Morgan fingerprint density at radius 1 is 1.48 bits per heavy atom. The number of morpholine rings is 1. The van der Waals surface area contributed by atoms with Crippen LogP contribution in [0.3, 0.4) is 0 Å². The summed E-state index contributed by atoms with van der Waals surface area (Å²) in [4.78, 5) is 18.2. The van der Waals surface area contributed by atoms with Gasteiger partial charge in [-0.1, -0.05) is 17.4 Å². The molecule has 1 atom stereocenters. The summed E-state index contributed by atoms with van der Waals surface area (Å²) in [5, 5.41) is 12.0. The maximum absolute atomic E-state index is 12.2. The van der Waals surface area contributed by atoms with Crippen LogP contribution < -0.4 is 5.32 Å². The SMILES string of the molecule is CC1COCCN1C(=O)Nc1nnc(-c2ccccn2)s1. The van der Waals surface area contributed by atoms with E-state index in [9.17, 15) is 4.79 Å². The summed E-state index contributed by atoms with van der Waals surface area (Å²) in [5.41, 5.74) is 0.746. The molecule has 7 nitrogen and oxygen atoms in total. The number of nitrogens with zero attached hydrogens (tertiary/aromatic N) is 4. The van der Waals surface area contributed by atoms with Gasteiger partial charge in [-0.15, -0.1) is 10.2 Å². The topological polar surface area (TPSA) is 80.2 Å². The number of pyridine rings is 1. The number of hydrogen-bond acceptors (Lipinski definition) is 6. The molecule has 0 aliphatic carbocycles. The molecule has 110 valence electrons. The van der Waals surface area contributed by atoms with Crippen molar-refractivity contribution in [1.29, 1.82) is 0 Å². The Morgan fingerprint density at radius 2 is 2.38 bits per heavy atom. The van der Waals surface area contributed by atoms with Crippen molar-refractivity contribution in [2.75, 3.05) is 25.1 Å². The van der Waals surface area contributed by atoms with Gasteiger partial charge in [-0.3, -0.25) is 10.3 Å². The van der Waals surface area contributed by atoms with Crippen LogP contribution in [0.4, 0.5) is 9.93 Å². The molecule has 3 rings (SSSR count). The number of aromatic nitrogens is 3. The summed E-state index contributed by atoms with van der Waals surface area (Å²) in [6, 6.07) is 5.47. The summed E-state index contributed by atoms with van der Waals surface area (Å²) >= 11 is 1.30. The molecule has 1 fully saturated rings. The van der Waals surface area contributed by atoms with Crippen molar-refractivity contribution in [1.82, 2.24) is 20.1 Å². The van der Waals surface area contributed by atoms with Gasteiger partial charge in [-0.2, -0.15) is 0 Å². The Bertz CT molecular complexity index is 618.